The molecule has 1 aliphatic carbocycles. The summed E-state index contributed by atoms with van der Waals surface area (Å²) in [5.74, 6) is 0.634. The third-order valence-electron chi connectivity index (χ3n) is 4.47. The molecule has 1 aromatic rings. The molecule has 0 heterocycles. The van der Waals surface area contributed by atoms with Crippen molar-refractivity contribution in [2.75, 3.05) is 12.3 Å². The number of amides is 1. The Hall–Kier alpha value is -1.53. The monoisotopic (exact) mass is 393 g/mol. The van der Waals surface area contributed by atoms with Crippen LogP contribution in [0.1, 0.15) is 69.7 Å². The van der Waals surface area contributed by atoms with Gasteiger partial charge in [-0.05, 0) is 45.7 Å². The van der Waals surface area contributed by atoms with Crippen LogP contribution in [0.5, 0.6) is 0 Å². The van der Waals surface area contributed by atoms with Gasteiger partial charge in [0.2, 0.25) is 0 Å². The van der Waals surface area contributed by atoms with Gasteiger partial charge < -0.3 is 15.2 Å². The Bertz CT molecular complexity index is 648. The van der Waals surface area contributed by atoms with Crippen molar-refractivity contribution in [3.63, 3.8) is 0 Å². The maximum Gasteiger partial charge on any atom is 0.407 e. The van der Waals surface area contributed by atoms with Gasteiger partial charge in [0.05, 0.1) is 5.60 Å². The van der Waals surface area contributed by atoms with Gasteiger partial charge in [-0.25, -0.2) is 4.79 Å². The summed E-state index contributed by atoms with van der Waals surface area (Å²) in [7, 11) is 0. The van der Waals surface area contributed by atoms with Crippen LogP contribution in [0.15, 0.2) is 29.2 Å². The third-order valence-corrected chi connectivity index (χ3v) is 5.74. The molecule has 1 aromatic carbocycles. The van der Waals surface area contributed by atoms with E-state index in [1.54, 1.807) is 38.6 Å². The fourth-order valence-corrected chi connectivity index (χ4v) is 4.18. The molecule has 2 N–H and O–H groups in total. The van der Waals surface area contributed by atoms with Crippen molar-refractivity contribution in [3.8, 4) is 0 Å². The molecular weight excluding hydrogens is 362 g/mol. The molecule has 6 heteroatoms. The van der Waals surface area contributed by atoms with E-state index < -0.39 is 17.3 Å². The zero-order valence-electron chi connectivity index (χ0n) is 16.5. The number of thioether (sulfide) groups is 1. The number of carbonyl (C=O) groups excluding carboxylic acids is 2. The molecule has 0 bridgehead atoms. The molecule has 150 valence electrons. The molecule has 0 atom stereocenters. The number of alkyl carbamates (subject to hydrolysis) is 1. The van der Waals surface area contributed by atoms with Crippen LogP contribution in [-0.4, -0.2) is 40.5 Å². The minimum Gasteiger partial charge on any atom is -0.444 e. The summed E-state index contributed by atoms with van der Waals surface area (Å²) >= 11 is 1.60. The summed E-state index contributed by atoms with van der Waals surface area (Å²) in [6.07, 6.45) is 4.79. The van der Waals surface area contributed by atoms with Crippen LogP contribution in [0.4, 0.5) is 4.79 Å². The highest BCUT2D eigenvalue weighted by atomic mass is 32.2. The summed E-state index contributed by atoms with van der Waals surface area (Å²) in [4.78, 5) is 25.0. The van der Waals surface area contributed by atoms with Gasteiger partial charge in [-0.2, -0.15) is 0 Å². The molecule has 1 fully saturated rings. The van der Waals surface area contributed by atoms with Crippen LogP contribution >= 0.6 is 11.8 Å². The van der Waals surface area contributed by atoms with Crippen molar-refractivity contribution in [2.45, 2.75) is 75.4 Å². The normalized spacial score (nSPS) is 16.6. The predicted octanol–water partition coefficient (Wildman–Crippen LogP) is 4.57. The SMILES string of the molecule is CC(C)(C)OC(=O)NCCC(=O)c1cccc(SCC2(O)CCCCC2)c1. The summed E-state index contributed by atoms with van der Waals surface area (Å²) in [6.45, 7) is 5.63. The van der Waals surface area contributed by atoms with Crippen LogP contribution in [0.3, 0.4) is 0 Å². The summed E-state index contributed by atoms with van der Waals surface area (Å²) in [6, 6.07) is 7.48. The number of aliphatic hydroxyl groups is 1. The largest absolute Gasteiger partial charge is 0.444 e. The van der Waals surface area contributed by atoms with Gasteiger partial charge in [-0.1, -0.05) is 31.4 Å². The molecule has 0 aromatic heterocycles. The highest BCUT2D eigenvalue weighted by Crippen LogP contribution is 2.33. The quantitative estimate of drug-likeness (QED) is 0.524. The number of benzene rings is 1. The Morgan fingerprint density at radius 3 is 2.59 bits per heavy atom. The second-order valence-corrected chi connectivity index (χ2v) is 9.25. The van der Waals surface area contributed by atoms with Crippen LogP contribution in [0, 0.1) is 0 Å². The third kappa shape index (κ3) is 7.93. The molecule has 0 aliphatic heterocycles. The van der Waals surface area contributed by atoms with Gasteiger partial charge in [-0.15, -0.1) is 11.8 Å². The second-order valence-electron chi connectivity index (χ2n) is 8.20. The van der Waals surface area contributed by atoms with E-state index in [9.17, 15) is 14.7 Å². The standard InChI is InChI=1S/C21H31NO4S/c1-20(2,3)26-19(24)22-13-10-18(23)16-8-7-9-17(14-16)27-15-21(25)11-5-4-6-12-21/h7-9,14,25H,4-6,10-13,15H2,1-3H3,(H,22,24). The fraction of sp³-hybridized carbons (Fsp3) is 0.619. The lowest BCUT2D eigenvalue weighted by Crippen LogP contribution is -2.34. The second kappa shape index (κ2) is 9.60. The Labute approximate surface area is 166 Å². The van der Waals surface area contributed by atoms with Crippen molar-refractivity contribution in [2.24, 2.45) is 0 Å². The van der Waals surface area contributed by atoms with Crippen LogP contribution in [0.2, 0.25) is 0 Å². The lowest BCUT2D eigenvalue weighted by molar-refractivity contribution is 0.0272. The number of hydrogen-bond acceptors (Lipinski definition) is 5. The molecule has 0 unspecified atom stereocenters. The minimum atomic E-state index is -0.583. The molecule has 0 radical (unpaired) electrons. The first-order valence-electron chi connectivity index (χ1n) is 9.62. The number of carbonyl (C=O) groups is 2. The Morgan fingerprint density at radius 2 is 1.93 bits per heavy atom. The maximum absolute atomic E-state index is 12.4. The zero-order valence-corrected chi connectivity index (χ0v) is 17.4. The number of nitrogens with one attached hydrogen (secondary N) is 1. The number of rotatable bonds is 7. The minimum absolute atomic E-state index is 0.0233. The fourth-order valence-electron chi connectivity index (χ4n) is 3.07. The van der Waals surface area contributed by atoms with Gasteiger partial charge in [0.15, 0.2) is 5.78 Å². The summed E-state index contributed by atoms with van der Waals surface area (Å²) < 4.78 is 5.15. The molecule has 0 spiro atoms. The molecule has 5 nitrogen and oxygen atoms in total. The van der Waals surface area contributed by atoms with E-state index in [0.29, 0.717) is 11.3 Å². The van der Waals surface area contributed by atoms with Gasteiger partial charge in [0, 0.05) is 29.2 Å². The number of ether oxygens (including phenoxy) is 1. The van der Waals surface area contributed by atoms with Crippen molar-refractivity contribution in [1.82, 2.24) is 5.32 Å². The van der Waals surface area contributed by atoms with Crippen molar-refractivity contribution >= 4 is 23.6 Å². The molecular formula is C21H31NO4S. The van der Waals surface area contributed by atoms with Crippen molar-refractivity contribution in [3.05, 3.63) is 29.8 Å². The van der Waals surface area contributed by atoms with Crippen LogP contribution in [0.25, 0.3) is 0 Å². The van der Waals surface area contributed by atoms with Gasteiger partial charge in [-0.3, -0.25) is 4.79 Å². The lowest BCUT2D eigenvalue weighted by atomic mass is 9.86. The number of Topliss-reactive ketones (excluding diaryl/α,β-unsaturated/α-hetero) is 1. The highest BCUT2D eigenvalue weighted by Gasteiger charge is 2.29. The number of ketones is 1. The summed E-state index contributed by atoms with van der Waals surface area (Å²) in [5.41, 5.74) is -0.510. The summed E-state index contributed by atoms with van der Waals surface area (Å²) in [5, 5.41) is 13.2. The van der Waals surface area contributed by atoms with Gasteiger partial charge in [0.1, 0.15) is 5.60 Å². The molecule has 0 saturated heterocycles. The van der Waals surface area contributed by atoms with E-state index in [4.69, 9.17) is 4.74 Å². The Kier molecular flexibility index (Phi) is 7.74. The van der Waals surface area contributed by atoms with Crippen molar-refractivity contribution in [1.29, 1.82) is 0 Å². The predicted molar refractivity (Wildman–Crippen MR) is 108 cm³/mol. The first-order valence-corrected chi connectivity index (χ1v) is 10.6. The molecule has 1 aliphatic rings. The lowest BCUT2D eigenvalue weighted by Gasteiger charge is -2.31. The van der Waals surface area contributed by atoms with Crippen LogP contribution < -0.4 is 5.32 Å². The van der Waals surface area contributed by atoms with E-state index in [1.165, 1.54) is 6.42 Å². The molecule has 2 rings (SSSR count). The Balaban J connectivity index is 1.81. The highest BCUT2D eigenvalue weighted by molar-refractivity contribution is 7.99. The first kappa shape index (κ1) is 21.8. The first-order chi connectivity index (χ1) is 12.7. The smallest absolute Gasteiger partial charge is 0.407 e. The topological polar surface area (TPSA) is 75.6 Å². The molecule has 1 amide bonds. The van der Waals surface area contributed by atoms with E-state index in [1.807, 2.05) is 18.2 Å². The van der Waals surface area contributed by atoms with E-state index in [0.717, 1.165) is 30.6 Å². The number of hydrogen-bond donors (Lipinski definition) is 2. The van der Waals surface area contributed by atoms with E-state index >= 15 is 0 Å². The Morgan fingerprint density at radius 1 is 1.22 bits per heavy atom. The van der Waals surface area contributed by atoms with Crippen molar-refractivity contribution < 1.29 is 19.4 Å². The van der Waals surface area contributed by atoms with Gasteiger partial charge >= 0.3 is 6.09 Å². The van der Waals surface area contributed by atoms with E-state index in [-0.39, 0.29) is 18.7 Å². The zero-order chi connectivity index (χ0) is 19.9. The van der Waals surface area contributed by atoms with Gasteiger partial charge in [0.25, 0.3) is 0 Å². The van der Waals surface area contributed by atoms with E-state index in [2.05, 4.69) is 5.32 Å². The maximum atomic E-state index is 12.4. The average Bonchev–Trinajstić information content (AvgIpc) is 2.59. The van der Waals surface area contributed by atoms with Crippen LogP contribution in [-0.2, 0) is 4.74 Å². The average molecular weight is 394 g/mol. The molecule has 27 heavy (non-hydrogen) atoms. The molecule has 1 saturated carbocycles.